The summed E-state index contributed by atoms with van der Waals surface area (Å²) in [5, 5.41) is 0. The first-order chi connectivity index (χ1) is 10.4. The van der Waals surface area contributed by atoms with Gasteiger partial charge < -0.3 is 0 Å². The normalized spacial score (nSPS) is 16.0. The standard InChI is InChI=1S/C15H20N2O4S/c1-22(20,21)13-9-7-12(8-10-13)15(19)17-16-14(18)11-5-3-2-4-6-11/h7-11H,2-6H2,1H3,(H,16,18)(H,17,19). The van der Waals surface area contributed by atoms with Crippen molar-refractivity contribution in [2.45, 2.75) is 37.0 Å². The Morgan fingerprint density at radius 3 is 2.14 bits per heavy atom. The second-order valence-electron chi connectivity index (χ2n) is 5.57. The van der Waals surface area contributed by atoms with Crippen LogP contribution in [-0.4, -0.2) is 26.5 Å². The lowest BCUT2D eigenvalue weighted by atomic mass is 9.89. The molecule has 0 spiro atoms. The summed E-state index contributed by atoms with van der Waals surface area (Å²) in [7, 11) is -3.29. The maximum atomic E-state index is 11.9. The highest BCUT2D eigenvalue weighted by molar-refractivity contribution is 7.90. The fourth-order valence-corrected chi connectivity index (χ4v) is 3.14. The third-order valence-corrected chi connectivity index (χ3v) is 4.95. The maximum Gasteiger partial charge on any atom is 0.269 e. The monoisotopic (exact) mass is 324 g/mol. The summed E-state index contributed by atoms with van der Waals surface area (Å²) >= 11 is 0. The minimum atomic E-state index is -3.29. The number of carbonyl (C=O) groups is 2. The molecule has 2 amide bonds. The van der Waals surface area contributed by atoms with Crippen molar-refractivity contribution in [2.24, 2.45) is 5.92 Å². The lowest BCUT2D eigenvalue weighted by Crippen LogP contribution is -2.44. The van der Waals surface area contributed by atoms with Gasteiger partial charge in [-0.25, -0.2) is 8.42 Å². The summed E-state index contributed by atoms with van der Waals surface area (Å²) in [6.45, 7) is 0. The molecule has 0 radical (unpaired) electrons. The van der Waals surface area contributed by atoms with Gasteiger partial charge in [0.1, 0.15) is 0 Å². The average molecular weight is 324 g/mol. The Morgan fingerprint density at radius 2 is 1.59 bits per heavy atom. The Labute approximate surface area is 130 Å². The zero-order valence-corrected chi connectivity index (χ0v) is 13.3. The summed E-state index contributed by atoms with van der Waals surface area (Å²) in [5.74, 6) is -0.674. The van der Waals surface area contributed by atoms with E-state index in [-0.39, 0.29) is 22.3 Å². The molecule has 2 rings (SSSR count). The predicted octanol–water partition coefficient (Wildman–Crippen LogP) is 1.43. The lowest BCUT2D eigenvalue weighted by Gasteiger charge is -2.20. The minimum absolute atomic E-state index is 0.0401. The van der Waals surface area contributed by atoms with E-state index in [1.807, 2.05) is 0 Å². The predicted molar refractivity (Wildman–Crippen MR) is 81.7 cm³/mol. The van der Waals surface area contributed by atoms with Crippen molar-refractivity contribution in [2.75, 3.05) is 6.26 Å². The number of hydrogen-bond donors (Lipinski definition) is 2. The quantitative estimate of drug-likeness (QED) is 0.823. The summed E-state index contributed by atoms with van der Waals surface area (Å²) in [6, 6.07) is 5.57. The van der Waals surface area contributed by atoms with Crippen LogP contribution in [0.2, 0.25) is 0 Å². The Morgan fingerprint density at radius 1 is 1.00 bits per heavy atom. The van der Waals surface area contributed by atoms with Crippen LogP contribution >= 0.6 is 0 Å². The van der Waals surface area contributed by atoms with E-state index in [1.54, 1.807) is 0 Å². The third-order valence-electron chi connectivity index (χ3n) is 3.82. The van der Waals surface area contributed by atoms with Gasteiger partial charge in [0.05, 0.1) is 4.90 Å². The fourth-order valence-electron chi connectivity index (χ4n) is 2.51. The van der Waals surface area contributed by atoms with Crippen LogP contribution in [0.15, 0.2) is 29.2 Å². The number of sulfone groups is 1. The third kappa shape index (κ3) is 4.30. The molecule has 1 aromatic rings. The summed E-state index contributed by atoms with van der Waals surface area (Å²) < 4.78 is 22.7. The van der Waals surface area contributed by atoms with E-state index in [1.165, 1.54) is 24.3 Å². The van der Waals surface area contributed by atoms with Crippen molar-refractivity contribution in [3.63, 3.8) is 0 Å². The first-order valence-corrected chi connectivity index (χ1v) is 9.17. The number of carbonyl (C=O) groups excluding carboxylic acids is 2. The smallest absolute Gasteiger partial charge is 0.269 e. The molecule has 0 aliphatic heterocycles. The van der Waals surface area contributed by atoms with Gasteiger partial charge in [-0.15, -0.1) is 0 Å². The molecule has 7 heteroatoms. The summed E-state index contributed by atoms with van der Waals surface area (Å²) in [5.41, 5.74) is 5.09. The van der Waals surface area contributed by atoms with Crippen LogP contribution in [0.3, 0.4) is 0 Å². The molecule has 22 heavy (non-hydrogen) atoms. The van der Waals surface area contributed by atoms with Crippen LogP contribution in [0, 0.1) is 5.92 Å². The molecule has 0 atom stereocenters. The number of benzene rings is 1. The number of hydrogen-bond acceptors (Lipinski definition) is 4. The van der Waals surface area contributed by atoms with E-state index in [0.717, 1.165) is 38.4 Å². The van der Waals surface area contributed by atoms with Crippen molar-refractivity contribution >= 4 is 21.7 Å². The second-order valence-corrected chi connectivity index (χ2v) is 7.59. The molecular weight excluding hydrogens is 304 g/mol. The van der Waals surface area contributed by atoms with Crippen molar-refractivity contribution in [1.29, 1.82) is 0 Å². The summed E-state index contributed by atoms with van der Waals surface area (Å²) in [6.07, 6.45) is 6.04. The highest BCUT2D eigenvalue weighted by Crippen LogP contribution is 2.23. The molecule has 0 bridgehead atoms. The van der Waals surface area contributed by atoms with E-state index >= 15 is 0 Å². The Bertz CT molecular complexity index is 647. The van der Waals surface area contributed by atoms with Crippen LogP contribution in [-0.2, 0) is 14.6 Å². The average Bonchev–Trinajstić information content (AvgIpc) is 2.52. The molecule has 0 saturated heterocycles. The molecule has 120 valence electrons. The molecule has 1 aromatic carbocycles. The zero-order valence-electron chi connectivity index (χ0n) is 12.5. The SMILES string of the molecule is CS(=O)(=O)c1ccc(C(=O)NNC(=O)C2CCCCC2)cc1. The molecule has 1 aliphatic carbocycles. The van der Waals surface area contributed by atoms with Gasteiger partial charge in [0.2, 0.25) is 5.91 Å². The Hall–Kier alpha value is -1.89. The zero-order chi connectivity index (χ0) is 16.2. The molecule has 1 saturated carbocycles. The minimum Gasteiger partial charge on any atom is -0.273 e. The molecule has 0 unspecified atom stereocenters. The molecule has 2 N–H and O–H groups in total. The molecule has 1 fully saturated rings. The van der Waals surface area contributed by atoms with Crippen LogP contribution in [0.25, 0.3) is 0 Å². The van der Waals surface area contributed by atoms with Gasteiger partial charge in [-0.2, -0.15) is 0 Å². The van der Waals surface area contributed by atoms with Gasteiger partial charge in [-0.05, 0) is 37.1 Å². The molecule has 1 aliphatic rings. The lowest BCUT2D eigenvalue weighted by molar-refractivity contribution is -0.126. The number of amides is 2. The van der Waals surface area contributed by atoms with Crippen molar-refractivity contribution < 1.29 is 18.0 Å². The van der Waals surface area contributed by atoms with Crippen LogP contribution in [0.1, 0.15) is 42.5 Å². The van der Waals surface area contributed by atoms with E-state index in [9.17, 15) is 18.0 Å². The van der Waals surface area contributed by atoms with Crippen molar-refractivity contribution in [3.8, 4) is 0 Å². The van der Waals surface area contributed by atoms with E-state index in [0.29, 0.717) is 0 Å². The van der Waals surface area contributed by atoms with E-state index < -0.39 is 15.7 Å². The molecule has 0 aromatic heterocycles. The van der Waals surface area contributed by atoms with Gasteiger partial charge in [-0.1, -0.05) is 19.3 Å². The molecule has 6 nitrogen and oxygen atoms in total. The van der Waals surface area contributed by atoms with Gasteiger partial charge >= 0.3 is 0 Å². The Balaban J connectivity index is 1.90. The van der Waals surface area contributed by atoms with E-state index in [2.05, 4.69) is 10.9 Å². The molecule has 0 heterocycles. The van der Waals surface area contributed by atoms with Crippen LogP contribution in [0.5, 0.6) is 0 Å². The number of nitrogens with one attached hydrogen (secondary N) is 2. The maximum absolute atomic E-state index is 11.9. The summed E-state index contributed by atoms with van der Waals surface area (Å²) in [4.78, 5) is 24.0. The Kier molecular flexibility index (Phi) is 5.18. The first kappa shape index (κ1) is 16.5. The van der Waals surface area contributed by atoms with Crippen LogP contribution in [0.4, 0.5) is 0 Å². The van der Waals surface area contributed by atoms with Crippen LogP contribution < -0.4 is 10.9 Å². The largest absolute Gasteiger partial charge is 0.273 e. The molecular formula is C15H20N2O4S. The topological polar surface area (TPSA) is 92.3 Å². The van der Waals surface area contributed by atoms with Gasteiger partial charge in [0.25, 0.3) is 5.91 Å². The number of hydrazine groups is 1. The highest BCUT2D eigenvalue weighted by atomic mass is 32.2. The van der Waals surface area contributed by atoms with Gasteiger partial charge in [0, 0.05) is 17.7 Å². The van der Waals surface area contributed by atoms with Crippen molar-refractivity contribution in [3.05, 3.63) is 29.8 Å². The second kappa shape index (κ2) is 6.91. The number of rotatable bonds is 3. The van der Waals surface area contributed by atoms with Gasteiger partial charge in [-0.3, -0.25) is 20.4 Å². The first-order valence-electron chi connectivity index (χ1n) is 7.28. The van der Waals surface area contributed by atoms with Crippen molar-refractivity contribution in [1.82, 2.24) is 10.9 Å². The fraction of sp³-hybridized carbons (Fsp3) is 0.467. The highest BCUT2D eigenvalue weighted by Gasteiger charge is 2.21. The van der Waals surface area contributed by atoms with Gasteiger partial charge in [0.15, 0.2) is 9.84 Å². The van der Waals surface area contributed by atoms with E-state index in [4.69, 9.17) is 0 Å².